The maximum absolute atomic E-state index is 11.9. The third-order valence-electron chi connectivity index (χ3n) is 2.39. The van der Waals surface area contributed by atoms with Gasteiger partial charge >= 0.3 is 0 Å². The molecule has 2 rings (SSSR count). The van der Waals surface area contributed by atoms with E-state index in [-0.39, 0.29) is 21.6 Å². The highest BCUT2D eigenvalue weighted by Gasteiger charge is 2.22. The van der Waals surface area contributed by atoms with Crippen LogP contribution < -0.4 is 5.32 Å². The first-order valence-electron chi connectivity index (χ1n) is 5.28. The Bertz CT molecular complexity index is 404. The van der Waals surface area contributed by atoms with Crippen molar-refractivity contribution in [3.8, 4) is 0 Å². The third kappa shape index (κ3) is 3.72. The number of amides is 1. The Labute approximate surface area is 113 Å². The van der Waals surface area contributed by atoms with Crippen molar-refractivity contribution >= 4 is 46.7 Å². The van der Waals surface area contributed by atoms with E-state index in [0.29, 0.717) is 5.82 Å². The van der Waals surface area contributed by atoms with Crippen molar-refractivity contribution in [2.75, 3.05) is 11.1 Å². The van der Waals surface area contributed by atoms with Gasteiger partial charge in [-0.05, 0) is 30.2 Å². The number of hydrogen-bond donors (Lipinski definition) is 1. The molecule has 0 radical (unpaired) electrons. The summed E-state index contributed by atoms with van der Waals surface area (Å²) in [5.41, 5.74) is 0. The maximum atomic E-state index is 11.9. The number of carbonyl (C=O) groups is 1. The van der Waals surface area contributed by atoms with Crippen LogP contribution in [0.5, 0.6) is 0 Å². The van der Waals surface area contributed by atoms with Crippen LogP contribution in [0.1, 0.15) is 19.3 Å². The monoisotopic (exact) mass is 291 g/mol. The normalized spacial score (nSPS) is 20.0. The van der Waals surface area contributed by atoms with Crippen LogP contribution in [0, 0.1) is 0 Å². The standard InChI is InChI=1S/C10H11Cl2N3OS/c11-7-5-8(15-10(12)13-7)14-9(16)6-3-1-2-4-17-6/h5-6H,1-4H2,(H,13,14,15,16). The molecule has 1 aromatic heterocycles. The first-order valence-corrected chi connectivity index (χ1v) is 7.08. The van der Waals surface area contributed by atoms with Crippen molar-refractivity contribution in [1.29, 1.82) is 0 Å². The van der Waals surface area contributed by atoms with E-state index >= 15 is 0 Å². The van der Waals surface area contributed by atoms with Gasteiger partial charge in [-0.15, -0.1) is 11.8 Å². The van der Waals surface area contributed by atoms with Gasteiger partial charge in [0.1, 0.15) is 11.0 Å². The largest absolute Gasteiger partial charge is 0.310 e. The summed E-state index contributed by atoms with van der Waals surface area (Å²) in [5.74, 6) is 1.34. The summed E-state index contributed by atoms with van der Waals surface area (Å²) in [6.07, 6.45) is 3.18. The Morgan fingerprint density at radius 3 is 2.88 bits per heavy atom. The molecule has 2 heterocycles. The second-order valence-corrected chi connectivity index (χ2v) is 5.73. The fraction of sp³-hybridized carbons (Fsp3) is 0.500. The molecule has 1 amide bonds. The minimum absolute atomic E-state index is 0.00346. The van der Waals surface area contributed by atoms with Gasteiger partial charge in [0.25, 0.3) is 0 Å². The van der Waals surface area contributed by atoms with Gasteiger partial charge < -0.3 is 5.32 Å². The highest BCUT2D eigenvalue weighted by Crippen LogP contribution is 2.26. The van der Waals surface area contributed by atoms with Crippen LogP contribution >= 0.6 is 35.0 Å². The average Bonchev–Trinajstić information content (AvgIpc) is 2.28. The Hall–Kier alpha value is -0.520. The van der Waals surface area contributed by atoms with Gasteiger partial charge in [-0.3, -0.25) is 4.79 Å². The molecule has 0 saturated carbocycles. The molecule has 0 spiro atoms. The lowest BCUT2D eigenvalue weighted by Crippen LogP contribution is -2.27. The first-order chi connectivity index (χ1) is 8.15. The molecular weight excluding hydrogens is 281 g/mol. The van der Waals surface area contributed by atoms with E-state index in [1.165, 1.54) is 12.5 Å². The molecule has 1 N–H and O–H groups in total. The van der Waals surface area contributed by atoms with Gasteiger partial charge in [0, 0.05) is 6.07 Å². The van der Waals surface area contributed by atoms with Gasteiger partial charge in [0.15, 0.2) is 0 Å². The minimum Gasteiger partial charge on any atom is -0.310 e. The Morgan fingerprint density at radius 2 is 2.24 bits per heavy atom. The van der Waals surface area contributed by atoms with Crippen LogP contribution in [0.4, 0.5) is 5.82 Å². The fourth-order valence-electron chi connectivity index (χ4n) is 1.61. The summed E-state index contributed by atoms with van der Waals surface area (Å²) in [4.78, 5) is 19.5. The van der Waals surface area contributed by atoms with Crippen LogP contribution in [0.25, 0.3) is 0 Å². The summed E-state index contributed by atoms with van der Waals surface area (Å²) >= 11 is 13.1. The molecule has 1 aliphatic rings. The molecule has 0 aliphatic carbocycles. The smallest absolute Gasteiger partial charge is 0.238 e. The summed E-state index contributed by atoms with van der Waals surface area (Å²) < 4.78 is 0. The van der Waals surface area contributed by atoms with E-state index in [1.807, 2.05) is 0 Å². The molecular formula is C10H11Cl2N3OS. The second-order valence-electron chi connectivity index (χ2n) is 3.69. The van der Waals surface area contributed by atoms with Gasteiger partial charge in [0.2, 0.25) is 11.2 Å². The lowest BCUT2D eigenvalue weighted by molar-refractivity contribution is -0.115. The van der Waals surface area contributed by atoms with Crippen LogP contribution in [-0.4, -0.2) is 26.9 Å². The van der Waals surface area contributed by atoms with Gasteiger partial charge in [0.05, 0.1) is 5.25 Å². The van der Waals surface area contributed by atoms with Crippen molar-refractivity contribution < 1.29 is 4.79 Å². The lowest BCUT2D eigenvalue weighted by atomic mass is 10.2. The highest BCUT2D eigenvalue weighted by atomic mass is 35.5. The topological polar surface area (TPSA) is 54.9 Å². The number of aromatic nitrogens is 2. The van der Waals surface area contributed by atoms with E-state index in [9.17, 15) is 4.79 Å². The Balaban J connectivity index is 2.01. The zero-order chi connectivity index (χ0) is 12.3. The van der Waals surface area contributed by atoms with Crippen LogP contribution in [0.3, 0.4) is 0 Å². The molecule has 17 heavy (non-hydrogen) atoms. The average molecular weight is 292 g/mol. The van der Waals surface area contributed by atoms with Crippen molar-refractivity contribution in [2.24, 2.45) is 0 Å². The summed E-state index contributed by atoms with van der Waals surface area (Å²) in [5, 5.41) is 2.96. The summed E-state index contributed by atoms with van der Waals surface area (Å²) in [7, 11) is 0. The van der Waals surface area contributed by atoms with E-state index in [0.717, 1.165) is 18.6 Å². The van der Waals surface area contributed by atoms with Crippen molar-refractivity contribution in [3.05, 3.63) is 16.5 Å². The molecule has 1 saturated heterocycles. The summed E-state index contributed by atoms with van der Waals surface area (Å²) in [6, 6.07) is 1.48. The minimum atomic E-state index is -0.0412. The lowest BCUT2D eigenvalue weighted by Gasteiger charge is -2.20. The number of hydrogen-bond acceptors (Lipinski definition) is 4. The molecule has 1 atom stereocenters. The van der Waals surface area contributed by atoms with Crippen LogP contribution in [-0.2, 0) is 4.79 Å². The Morgan fingerprint density at radius 1 is 1.41 bits per heavy atom. The van der Waals surface area contributed by atoms with Crippen LogP contribution in [0.2, 0.25) is 10.4 Å². The van der Waals surface area contributed by atoms with Gasteiger partial charge in [-0.25, -0.2) is 9.97 Å². The van der Waals surface area contributed by atoms with E-state index in [1.54, 1.807) is 11.8 Å². The third-order valence-corrected chi connectivity index (χ3v) is 4.13. The maximum Gasteiger partial charge on any atom is 0.238 e. The number of carbonyl (C=O) groups excluding carboxylic acids is 1. The number of rotatable bonds is 2. The van der Waals surface area contributed by atoms with E-state index in [2.05, 4.69) is 15.3 Å². The van der Waals surface area contributed by atoms with Crippen molar-refractivity contribution in [3.63, 3.8) is 0 Å². The van der Waals surface area contributed by atoms with Gasteiger partial charge in [-0.1, -0.05) is 18.0 Å². The highest BCUT2D eigenvalue weighted by molar-refractivity contribution is 8.00. The first kappa shape index (κ1) is 12.9. The van der Waals surface area contributed by atoms with Crippen molar-refractivity contribution in [1.82, 2.24) is 9.97 Å². The predicted molar refractivity (Wildman–Crippen MR) is 70.8 cm³/mol. The second kappa shape index (κ2) is 5.89. The molecule has 0 aromatic carbocycles. The molecule has 7 heteroatoms. The molecule has 92 valence electrons. The zero-order valence-corrected chi connectivity index (χ0v) is 11.3. The fourth-order valence-corrected chi connectivity index (χ4v) is 3.22. The number of anilines is 1. The number of halogens is 2. The molecule has 1 aliphatic heterocycles. The van der Waals surface area contributed by atoms with Crippen LogP contribution in [0.15, 0.2) is 6.07 Å². The molecule has 1 unspecified atom stereocenters. The van der Waals surface area contributed by atoms with Gasteiger partial charge in [-0.2, -0.15) is 0 Å². The zero-order valence-electron chi connectivity index (χ0n) is 8.95. The molecule has 0 bridgehead atoms. The SMILES string of the molecule is O=C(Nc1cc(Cl)nc(Cl)n1)C1CCCCS1. The number of nitrogens with one attached hydrogen (secondary N) is 1. The number of thioether (sulfide) groups is 1. The number of nitrogens with zero attached hydrogens (tertiary/aromatic N) is 2. The molecule has 1 aromatic rings. The molecule has 1 fully saturated rings. The van der Waals surface area contributed by atoms with E-state index in [4.69, 9.17) is 23.2 Å². The Kier molecular flexibility index (Phi) is 4.48. The van der Waals surface area contributed by atoms with Crippen molar-refractivity contribution in [2.45, 2.75) is 24.5 Å². The predicted octanol–water partition coefficient (Wildman–Crippen LogP) is 3.01. The molecule has 4 nitrogen and oxygen atoms in total. The summed E-state index contributed by atoms with van der Waals surface area (Å²) in [6.45, 7) is 0. The van der Waals surface area contributed by atoms with E-state index < -0.39 is 0 Å². The quantitative estimate of drug-likeness (QED) is 0.672.